The number of hydrogen-bond acceptors (Lipinski definition) is 4. The van der Waals surface area contributed by atoms with Gasteiger partial charge in [0.1, 0.15) is 6.61 Å². The first-order valence-corrected chi connectivity index (χ1v) is 7.99. The quantitative estimate of drug-likeness (QED) is 0.469. The van der Waals surface area contributed by atoms with Gasteiger partial charge >= 0.3 is 5.97 Å². The van der Waals surface area contributed by atoms with Crippen molar-refractivity contribution in [1.82, 2.24) is 10.6 Å². The molecule has 1 aliphatic heterocycles. The summed E-state index contributed by atoms with van der Waals surface area (Å²) in [6, 6.07) is 4.70. The molecule has 2 rings (SSSR count). The lowest BCUT2D eigenvalue weighted by Gasteiger charge is -2.30. The van der Waals surface area contributed by atoms with Gasteiger partial charge in [-0.3, -0.25) is 0 Å². The lowest BCUT2D eigenvalue weighted by molar-refractivity contribution is -0.140. The van der Waals surface area contributed by atoms with Crippen molar-refractivity contribution < 1.29 is 14.3 Å². The van der Waals surface area contributed by atoms with Crippen LogP contribution >= 0.6 is 35.4 Å². The Morgan fingerprint density at radius 1 is 1.30 bits per heavy atom. The zero-order valence-corrected chi connectivity index (χ0v) is 14.9. The molecule has 5 nitrogen and oxygen atoms in total. The number of ether oxygens (including phenoxy) is 2. The molecule has 0 radical (unpaired) electrons. The molecular weight excluding hydrogens is 359 g/mol. The predicted octanol–water partition coefficient (Wildman–Crippen LogP) is 2.98. The van der Waals surface area contributed by atoms with Gasteiger partial charge in [-0.25, -0.2) is 4.79 Å². The summed E-state index contributed by atoms with van der Waals surface area (Å²) >= 11 is 17.2. The van der Waals surface area contributed by atoms with Gasteiger partial charge in [0.15, 0.2) is 5.11 Å². The first kappa shape index (κ1) is 18.0. The Balaban J connectivity index is 2.33. The van der Waals surface area contributed by atoms with Crippen molar-refractivity contribution in [2.45, 2.75) is 13.0 Å². The second-order valence-corrected chi connectivity index (χ2v) is 6.10. The van der Waals surface area contributed by atoms with Crippen LogP contribution < -0.4 is 10.6 Å². The van der Waals surface area contributed by atoms with Crippen LogP contribution in [0.3, 0.4) is 0 Å². The number of hydrogen-bond donors (Lipinski definition) is 2. The first-order chi connectivity index (χ1) is 10.9. The van der Waals surface area contributed by atoms with Crippen LogP contribution in [-0.2, 0) is 14.3 Å². The van der Waals surface area contributed by atoms with Crippen LogP contribution in [0.2, 0.25) is 10.0 Å². The van der Waals surface area contributed by atoms with Gasteiger partial charge in [0.2, 0.25) is 0 Å². The normalized spacial score (nSPS) is 17.6. The van der Waals surface area contributed by atoms with Crippen LogP contribution in [0.5, 0.6) is 0 Å². The number of halogens is 2. The summed E-state index contributed by atoms with van der Waals surface area (Å²) in [5.41, 5.74) is 1.83. The Kier molecular flexibility index (Phi) is 6.24. The van der Waals surface area contributed by atoms with Gasteiger partial charge in [0.25, 0.3) is 0 Å². The lowest BCUT2D eigenvalue weighted by Crippen LogP contribution is -2.45. The number of carbonyl (C=O) groups is 1. The summed E-state index contributed by atoms with van der Waals surface area (Å²) in [6.07, 6.45) is 0. The van der Waals surface area contributed by atoms with Gasteiger partial charge in [-0.15, -0.1) is 0 Å². The van der Waals surface area contributed by atoms with Crippen molar-refractivity contribution in [3.05, 3.63) is 45.1 Å². The topological polar surface area (TPSA) is 59.6 Å². The molecule has 0 aliphatic carbocycles. The number of carbonyl (C=O) groups excluding carboxylic acids is 1. The van der Waals surface area contributed by atoms with Crippen molar-refractivity contribution in [3.8, 4) is 0 Å². The van der Waals surface area contributed by atoms with E-state index in [4.69, 9.17) is 44.9 Å². The number of nitrogens with one attached hydrogen (secondary N) is 2. The monoisotopic (exact) mass is 374 g/mol. The number of benzene rings is 1. The Bertz CT molecular complexity index is 664. The minimum atomic E-state index is -0.464. The van der Waals surface area contributed by atoms with Gasteiger partial charge in [0, 0.05) is 12.8 Å². The summed E-state index contributed by atoms with van der Waals surface area (Å²) in [5.74, 6) is -0.446. The van der Waals surface area contributed by atoms with Crippen LogP contribution in [0, 0.1) is 0 Å². The SMILES string of the molecule is COCCOC(=O)C1=C(C)NC(=S)NC1c1ccc(Cl)c(Cl)c1. The molecule has 0 amide bonds. The average molecular weight is 375 g/mol. The van der Waals surface area contributed by atoms with Crippen molar-refractivity contribution in [1.29, 1.82) is 0 Å². The third kappa shape index (κ3) is 4.35. The molecule has 0 saturated heterocycles. The molecule has 1 aromatic rings. The van der Waals surface area contributed by atoms with Gasteiger partial charge in [-0.2, -0.15) is 0 Å². The first-order valence-electron chi connectivity index (χ1n) is 6.83. The largest absolute Gasteiger partial charge is 0.460 e. The third-order valence-corrected chi connectivity index (χ3v) is 4.25. The maximum Gasteiger partial charge on any atom is 0.338 e. The molecule has 2 N–H and O–H groups in total. The van der Waals surface area contributed by atoms with E-state index in [0.29, 0.717) is 33.0 Å². The van der Waals surface area contributed by atoms with Crippen LogP contribution in [0.1, 0.15) is 18.5 Å². The highest BCUT2D eigenvalue weighted by Crippen LogP contribution is 2.31. The summed E-state index contributed by atoms with van der Waals surface area (Å²) in [7, 11) is 1.54. The van der Waals surface area contributed by atoms with Gasteiger partial charge < -0.3 is 20.1 Å². The summed E-state index contributed by atoms with van der Waals surface area (Å²) in [4.78, 5) is 12.4. The summed E-state index contributed by atoms with van der Waals surface area (Å²) in [6.45, 7) is 2.27. The molecule has 1 heterocycles. The smallest absolute Gasteiger partial charge is 0.338 e. The average Bonchev–Trinajstić information content (AvgIpc) is 2.49. The highest BCUT2D eigenvalue weighted by atomic mass is 35.5. The van der Waals surface area contributed by atoms with Crippen LogP contribution in [-0.4, -0.2) is 31.4 Å². The van der Waals surface area contributed by atoms with E-state index in [9.17, 15) is 4.79 Å². The van der Waals surface area contributed by atoms with E-state index in [1.54, 1.807) is 32.2 Å². The second kappa shape index (κ2) is 7.97. The van der Waals surface area contributed by atoms with Crippen LogP contribution in [0.15, 0.2) is 29.5 Å². The standard InChI is InChI=1S/C15H16Cl2N2O3S/c1-8-12(14(20)22-6-5-21-2)13(19-15(23)18-8)9-3-4-10(16)11(17)7-9/h3-4,7,13H,5-6H2,1-2H3,(H2,18,19,23). The van der Waals surface area contributed by atoms with Gasteiger partial charge in [0.05, 0.1) is 28.3 Å². The third-order valence-electron chi connectivity index (χ3n) is 3.29. The van der Waals surface area contributed by atoms with Crippen molar-refractivity contribution in [3.63, 3.8) is 0 Å². The maximum absolute atomic E-state index is 12.4. The molecular formula is C15H16Cl2N2O3S. The van der Waals surface area contributed by atoms with E-state index in [0.717, 1.165) is 5.56 Å². The predicted molar refractivity (Wildman–Crippen MR) is 93.6 cm³/mol. The summed E-state index contributed by atoms with van der Waals surface area (Å²) < 4.78 is 10.1. The summed E-state index contributed by atoms with van der Waals surface area (Å²) in [5, 5.41) is 7.26. The van der Waals surface area contributed by atoms with Gasteiger partial charge in [-0.1, -0.05) is 29.3 Å². The molecule has 1 unspecified atom stereocenters. The fourth-order valence-corrected chi connectivity index (χ4v) is 2.78. The minimum absolute atomic E-state index is 0.171. The highest BCUT2D eigenvalue weighted by Gasteiger charge is 2.31. The minimum Gasteiger partial charge on any atom is -0.460 e. The Morgan fingerprint density at radius 2 is 2.04 bits per heavy atom. The number of esters is 1. The molecule has 0 aromatic heterocycles. The van der Waals surface area contributed by atoms with E-state index < -0.39 is 12.0 Å². The van der Waals surface area contributed by atoms with E-state index in [1.165, 1.54) is 0 Å². The van der Waals surface area contributed by atoms with Crippen LogP contribution in [0.4, 0.5) is 0 Å². The molecule has 0 saturated carbocycles. The number of allylic oxidation sites excluding steroid dienone is 1. The molecule has 1 atom stereocenters. The number of rotatable bonds is 5. The van der Waals surface area contributed by atoms with Crippen molar-refractivity contribution in [2.75, 3.05) is 20.3 Å². The maximum atomic E-state index is 12.4. The molecule has 124 valence electrons. The van der Waals surface area contributed by atoms with E-state index in [-0.39, 0.29) is 6.61 Å². The molecule has 0 bridgehead atoms. The highest BCUT2D eigenvalue weighted by molar-refractivity contribution is 7.80. The number of methoxy groups -OCH3 is 1. The Morgan fingerprint density at radius 3 is 2.70 bits per heavy atom. The Hall–Kier alpha value is -1.34. The molecule has 23 heavy (non-hydrogen) atoms. The zero-order chi connectivity index (χ0) is 17.0. The fourth-order valence-electron chi connectivity index (χ4n) is 2.20. The van der Waals surface area contributed by atoms with E-state index in [1.807, 2.05) is 0 Å². The number of thiocarbonyl (C=S) groups is 1. The second-order valence-electron chi connectivity index (χ2n) is 4.87. The van der Waals surface area contributed by atoms with Crippen LogP contribution in [0.25, 0.3) is 0 Å². The molecule has 0 spiro atoms. The molecule has 1 aromatic carbocycles. The van der Waals surface area contributed by atoms with E-state index >= 15 is 0 Å². The fraction of sp³-hybridized carbons (Fsp3) is 0.333. The van der Waals surface area contributed by atoms with Crippen molar-refractivity contribution >= 4 is 46.5 Å². The van der Waals surface area contributed by atoms with E-state index in [2.05, 4.69) is 10.6 Å². The molecule has 0 fully saturated rings. The molecule has 1 aliphatic rings. The zero-order valence-electron chi connectivity index (χ0n) is 12.6. The Labute approximate surface area is 149 Å². The lowest BCUT2D eigenvalue weighted by atomic mass is 9.96. The van der Waals surface area contributed by atoms with Gasteiger partial charge in [-0.05, 0) is 36.8 Å². The molecule has 8 heteroatoms. The van der Waals surface area contributed by atoms with Crippen molar-refractivity contribution in [2.24, 2.45) is 0 Å².